The van der Waals surface area contributed by atoms with Crippen LogP contribution in [0.3, 0.4) is 0 Å². The summed E-state index contributed by atoms with van der Waals surface area (Å²) in [5, 5.41) is 5.48. The summed E-state index contributed by atoms with van der Waals surface area (Å²) in [6, 6.07) is 5.21. The minimum Gasteiger partial charge on any atom is -0.349 e. The van der Waals surface area contributed by atoms with E-state index in [0.717, 1.165) is 11.3 Å². The molecule has 0 fully saturated rings. The lowest BCUT2D eigenvalue weighted by Crippen LogP contribution is -2.48. The molecular formula is C15H20N4O2. The van der Waals surface area contributed by atoms with E-state index >= 15 is 0 Å². The van der Waals surface area contributed by atoms with Gasteiger partial charge in [0, 0.05) is 19.3 Å². The largest absolute Gasteiger partial charge is 0.349 e. The van der Waals surface area contributed by atoms with Crippen molar-refractivity contribution < 1.29 is 9.59 Å². The van der Waals surface area contributed by atoms with Crippen LogP contribution in [-0.2, 0) is 16.1 Å². The third-order valence-corrected chi connectivity index (χ3v) is 3.17. The minimum absolute atomic E-state index is 0.0231. The Morgan fingerprint density at radius 2 is 2.10 bits per heavy atom. The van der Waals surface area contributed by atoms with E-state index in [1.807, 2.05) is 48.8 Å². The van der Waals surface area contributed by atoms with Gasteiger partial charge in [-0.3, -0.25) is 9.59 Å². The Labute approximate surface area is 123 Å². The molecule has 0 aromatic carbocycles. The number of nitrogens with one attached hydrogen (secondary N) is 2. The number of carbonyl (C=O) groups is 2. The molecule has 0 radical (unpaired) electrons. The fourth-order valence-electron chi connectivity index (χ4n) is 2.11. The van der Waals surface area contributed by atoms with Crippen molar-refractivity contribution in [2.24, 2.45) is 5.92 Å². The molecule has 6 heteroatoms. The molecule has 2 rings (SSSR count). The molecule has 0 bridgehead atoms. The zero-order valence-corrected chi connectivity index (χ0v) is 12.5. The molecule has 0 saturated carbocycles. The first-order chi connectivity index (χ1) is 9.97. The Kier molecular flexibility index (Phi) is 4.57. The molecule has 0 aliphatic heterocycles. The van der Waals surface area contributed by atoms with Gasteiger partial charge in [-0.15, -0.1) is 0 Å². The lowest BCUT2D eigenvalue weighted by Gasteiger charge is -2.20. The monoisotopic (exact) mass is 288 g/mol. The van der Waals surface area contributed by atoms with Crippen LogP contribution >= 0.6 is 0 Å². The fourth-order valence-corrected chi connectivity index (χ4v) is 2.11. The number of nitrogens with zero attached hydrogens (tertiary/aromatic N) is 2. The van der Waals surface area contributed by atoms with E-state index in [1.54, 1.807) is 0 Å². The topological polar surface area (TPSA) is 75.5 Å². The van der Waals surface area contributed by atoms with Crippen LogP contribution in [0, 0.1) is 5.92 Å². The summed E-state index contributed by atoms with van der Waals surface area (Å²) < 4.78 is 1.90. The van der Waals surface area contributed by atoms with Crippen molar-refractivity contribution >= 4 is 17.5 Å². The number of aromatic nitrogens is 2. The van der Waals surface area contributed by atoms with Crippen LogP contribution in [0.1, 0.15) is 26.5 Å². The van der Waals surface area contributed by atoms with Gasteiger partial charge in [0.1, 0.15) is 11.7 Å². The Morgan fingerprint density at radius 3 is 2.71 bits per heavy atom. The normalized spacial score (nSPS) is 12.4. The fraction of sp³-hybridized carbons (Fsp3) is 0.400. The second-order valence-corrected chi connectivity index (χ2v) is 5.34. The lowest BCUT2D eigenvalue weighted by atomic mass is 10.0. The van der Waals surface area contributed by atoms with Crippen molar-refractivity contribution in [2.45, 2.75) is 33.4 Å². The molecule has 2 heterocycles. The molecule has 0 spiro atoms. The van der Waals surface area contributed by atoms with Gasteiger partial charge in [0.15, 0.2) is 0 Å². The van der Waals surface area contributed by atoms with Gasteiger partial charge in [-0.1, -0.05) is 19.9 Å². The standard InChI is InChI=1S/C15H20N4O2/c1-10(2)14(17-11(3)20)15(21)16-8-12-9-19-7-5-4-6-13(19)18-12/h4-7,9-10,14H,8H2,1-3H3,(H,16,21)(H,17,20)/t14-/m1/s1. The maximum Gasteiger partial charge on any atom is 0.243 e. The quantitative estimate of drug-likeness (QED) is 0.865. The smallest absolute Gasteiger partial charge is 0.243 e. The number of carbonyl (C=O) groups excluding carboxylic acids is 2. The highest BCUT2D eigenvalue weighted by atomic mass is 16.2. The van der Waals surface area contributed by atoms with Gasteiger partial charge in [0.2, 0.25) is 11.8 Å². The zero-order valence-electron chi connectivity index (χ0n) is 12.5. The molecule has 2 aromatic heterocycles. The van der Waals surface area contributed by atoms with E-state index in [9.17, 15) is 9.59 Å². The Balaban J connectivity index is 2.00. The molecule has 2 N–H and O–H groups in total. The highest BCUT2D eigenvalue weighted by Crippen LogP contribution is 2.05. The Morgan fingerprint density at radius 1 is 1.33 bits per heavy atom. The molecule has 1 atom stereocenters. The summed E-state index contributed by atoms with van der Waals surface area (Å²) >= 11 is 0. The number of fused-ring (bicyclic) bond motifs is 1. The van der Waals surface area contributed by atoms with E-state index in [2.05, 4.69) is 15.6 Å². The number of hydrogen-bond acceptors (Lipinski definition) is 3. The van der Waals surface area contributed by atoms with Gasteiger partial charge in [0.25, 0.3) is 0 Å². The second-order valence-electron chi connectivity index (χ2n) is 5.34. The first kappa shape index (κ1) is 15.0. The highest BCUT2D eigenvalue weighted by Gasteiger charge is 2.22. The lowest BCUT2D eigenvalue weighted by molar-refractivity contribution is -0.129. The third-order valence-electron chi connectivity index (χ3n) is 3.17. The van der Waals surface area contributed by atoms with Crippen molar-refractivity contribution in [3.63, 3.8) is 0 Å². The Bertz CT molecular complexity index is 615. The molecular weight excluding hydrogens is 268 g/mol. The summed E-state index contributed by atoms with van der Waals surface area (Å²) in [7, 11) is 0. The minimum atomic E-state index is -0.528. The molecule has 2 amide bonds. The van der Waals surface area contributed by atoms with Crippen molar-refractivity contribution in [3.8, 4) is 0 Å². The van der Waals surface area contributed by atoms with Crippen molar-refractivity contribution in [3.05, 3.63) is 36.3 Å². The van der Waals surface area contributed by atoms with Crippen molar-refractivity contribution in [1.29, 1.82) is 0 Å². The summed E-state index contributed by atoms with van der Waals surface area (Å²) in [4.78, 5) is 27.7. The van der Waals surface area contributed by atoms with Gasteiger partial charge >= 0.3 is 0 Å². The van der Waals surface area contributed by atoms with E-state index in [4.69, 9.17) is 0 Å². The van der Waals surface area contributed by atoms with Crippen molar-refractivity contribution in [2.75, 3.05) is 0 Å². The second kappa shape index (κ2) is 6.39. The van der Waals surface area contributed by atoms with Crippen LogP contribution < -0.4 is 10.6 Å². The number of rotatable bonds is 5. The van der Waals surface area contributed by atoms with Crippen LogP contribution in [0.2, 0.25) is 0 Å². The van der Waals surface area contributed by atoms with E-state index in [0.29, 0.717) is 6.54 Å². The number of imidazole rings is 1. The van der Waals surface area contributed by atoms with E-state index in [-0.39, 0.29) is 17.7 Å². The summed E-state index contributed by atoms with van der Waals surface area (Å²) in [6.07, 6.45) is 3.78. The molecule has 0 aliphatic rings. The van der Waals surface area contributed by atoms with Crippen LogP contribution in [-0.4, -0.2) is 27.2 Å². The van der Waals surface area contributed by atoms with Gasteiger partial charge < -0.3 is 15.0 Å². The third kappa shape index (κ3) is 3.81. The summed E-state index contributed by atoms with van der Waals surface area (Å²) in [6.45, 7) is 5.53. The molecule has 0 saturated heterocycles. The summed E-state index contributed by atoms with van der Waals surface area (Å²) in [5.41, 5.74) is 1.61. The molecule has 2 aromatic rings. The summed E-state index contributed by atoms with van der Waals surface area (Å²) in [5.74, 6) is -0.385. The van der Waals surface area contributed by atoms with Crippen LogP contribution in [0.5, 0.6) is 0 Å². The Hall–Kier alpha value is -2.37. The van der Waals surface area contributed by atoms with Crippen LogP contribution in [0.25, 0.3) is 5.65 Å². The molecule has 0 unspecified atom stereocenters. The predicted octanol–water partition coefficient (Wildman–Crippen LogP) is 1.11. The molecule has 112 valence electrons. The van der Waals surface area contributed by atoms with Crippen LogP contribution in [0.4, 0.5) is 0 Å². The number of hydrogen-bond donors (Lipinski definition) is 2. The first-order valence-electron chi connectivity index (χ1n) is 6.95. The number of pyridine rings is 1. The molecule has 6 nitrogen and oxygen atoms in total. The maximum atomic E-state index is 12.1. The van der Waals surface area contributed by atoms with E-state index < -0.39 is 6.04 Å². The van der Waals surface area contributed by atoms with Crippen LogP contribution in [0.15, 0.2) is 30.6 Å². The van der Waals surface area contributed by atoms with E-state index in [1.165, 1.54) is 6.92 Å². The highest BCUT2D eigenvalue weighted by molar-refractivity contribution is 5.86. The molecule has 21 heavy (non-hydrogen) atoms. The van der Waals surface area contributed by atoms with Gasteiger partial charge in [-0.05, 0) is 18.1 Å². The van der Waals surface area contributed by atoms with Gasteiger partial charge in [-0.2, -0.15) is 0 Å². The zero-order chi connectivity index (χ0) is 15.4. The van der Waals surface area contributed by atoms with Crippen molar-refractivity contribution in [1.82, 2.24) is 20.0 Å². The van der Waals surface area contributed by atoms with Gasteiger partial charge in [-0.25, -0.2) is 4.98 Å². The van der Waals surface area contributed by atoms with Gasteiger partial charge in [0.05, 0.1) is 12.2 Å². The maximum absolute atomic E-state index is 12.1. The average Bonchev–Trinajstić information content (AvgIpc) is 2.84. The number of amides is 2. The molecule has 0 aliphatic carbocycles. The first-order valence-corrected chi connectivity index (χ1v) is 6.95. The SMILES string of the molecule is CC(=O)N[C@@H](C(=O)NCc1cn2ccccc2n1)C(C)C. The average molecular weight is 288 g/mol. The predicted molar refractivity (Wildman–Crippen MR) is 79.5 cm³/mol.